The number of hydrogen-bond donors (Lipinski definition) is 1. The first-order chi connectivity index (χ1) is 8.51. The monoisotopic (exact) mass is 307 g/mol. The zero-order valence-corrected chi connectivity index (χ0v) is 11.1. The van der Waals surface area contributed by atoms with Crippen molar-refractivity contribution in [3.05, 3.63) is 64.7 Å². The molecule has 0 aliphatic heterocycles. The quantitative estimate of drug-likeness (QED) is 0.511. The van der Waals surface area contributed by atoms with Crippen LogP contribution in [0.4, 0.5) is 5.69 Å². The van der Waals surface area contributed by atoms with Crippen LogP contribution in [-0.2, 0) is 3.74 Å². The van der Waals surface area contributed by atoms with Gasteiger partial charge in [0.15, 0.2) is 0 Å². The molecule has 6 heteroatoms. The number of rotatable bonds is 3. The van der Waals surface area contributed by atoms with E-state index in [4.69, 9.17) is 0 Å². The third-order valence-corrected chi connectivity index (χ3v) is 6.70. The van der Waals surface area contributed by atoms with Gasteiger partial charge in [-0.15, -0.1) is 0 Å². The van der Waals surface area contributed by atoms with Crippen LogP contribution in [0.2, 0.25) is 0 Å². The maximum atomic E-state index is 12.3. The Morgan fingerprint density at radius 3 is 1.94 bits per heavy atom. The Morgan fingerprint density at radius 1 is 0.944 bits per heavy atom. The molecule has 1 atom stereocenters. The molecule has 0 spiro atoms. The summed E-state index contributed by atoms with van der Waals surface area (Å²) < 4.78 is 23.1. The van der Waals surface area contributed by atoms with Crippen LogP contribution in [-0.4, -0.2) is 22.9 Å². The van der Waals surface area contributed by atoms with Gasteiger partial charge in [-0.25, -0.2) is 0 Å². The standard InChI is InChI=1S/C12H10AsNO4/c15-13(16,10-4-2-1-3-5-10)11-6-8-12(9-7-11)14(17)18/h1-9H,(H,15,16). The minimum atomic E-state index is -4.36. The molecule has 0 amide bonds. The summed E-state index contributed by atoms with van der Waals surface area (Å²) in [6.45, 7) is 0. The van der Waals surface area contributed by atoms with E-state index in [1.54, 1.807) is 30.3 Å². The van der Waals surface area contributed by atoms with Gasteiger partial charge in [0.05, 0.1) is 0 Å². The fraction of sp³-hybridized carbons (Fsp3) is 0. The van der Waals surface area contributed by atoms with Crippen molar-refractivity contribution in [2.24, 2.45) is 0 Å². The third-order valence-electron chi connectivity index (χ3n) is 2.52. The summed E-state index contributed by atoms with van der Waals surface area (Å²) in [5.74, 6) is 0. The summed E-state index contributed by atoms with van der Waals surface area (Å²) in [4.78, 5) is 9.97. The first-order valence-corrected chi connectivity index (χ1v) is 8.63. The van der Waals surface area contributed by atoms with Crippen molar-refractivity contribution < 1.29 is 12.8 Å². The molecule has 2 aromatic rings. The van der Waals surface area contributed by atoms with Crippen LogP contribution in [0.15, 0.2) is 54.6 Å². The third kappa shape index (κ3) is 2.37. The molecule has 2 aromatic carbocycles. The summed E-state index contributed by atoms with van der Waals surface area (Å²) in [6, 6.07) is 13.5. The molecule has 0 heterocycles. The molecule has 0 fully saturated rings. The van der Waals surface area contributed by atoms with Crippen LogP contribution in [0.1, 0.15) is 0 Å². The number of nitro benzene ring substituents is 1. The molecular weight excluding hydrogens is 297 g/mol. The molecule has 92 valence electrons. The van der Waals surface area contributed by atoms with Crippen molar-refractivity contribution in [1.29, 1.82) is 0 Å². The molecule has 0 aromatic heterocycles. The summed E-state index contributed by atoms with van der Waals surface area (Å²) >= 11 is -4.36. The molecule has 0 saturated heterocycles. The van der Waals surface area contributed by atoms with Crippen LogP contribution in [0.5, 0.6) is 0 Å². The second-order valence-electron chi connectivity index (χ2n) is 3.69. The summed E-state index contributed by atoms with van der Waals surface area (Å²) in [5, 5.41) is 10.5. The molecule has 0 saturated carbocycles. The van der Waals surface area contributed by atoms with Crippen molar-refractivity contribution >= 4 is 28.2 Å². The molecule has 1 N–H and O–H groups in total. The van der Waals surface area contributed by atoms with Gasteiger partial charge in [0.2, 0.25) is 0 Å². The van der Waals surface area contributed by atoms with Crippen molar-refractivity contribution in [3.8, 4) is 0 Å². The van der Waals surface area contributed by atoms with E-state index in [2.05, 4.69) is 0 Å². The number of nitrogens with zero attached hydrogens (tertiary/aromatic N) is 1. The van der Waals surface area contributed by atoms with E-state index in [0.29, 0.717) is 4.35 Å². The Kier molecular flexibility index (Phi) is 3.36. The summed E-state index contributed by atoms with van der Waals surface area (Å²) in [7, 11) is 0. The molecule has 2 rings (SSSR count). The van der Waals surface area contributed by atoms with Gasteiger partial charge in [0, 0.05) is 0 Å². The fourth-order valence-electron chi connectivity index (χ4n) is 1.56. The predicted molar refractivity (Wildman–Crippen MR) is 67.5 cm³/mol. The van der Waals surface area contributed by atoms with Crippen molar-refractivity contribution in [2.75, 3.05) is 0 Å². The first kappa shape index (κ1) is 12.6. The van der Waals surface area contributed by atoms with E-state index in [9.17, 15) is 17.9 Å². The summed E-state index contributed by atoms with van der Waals surface area (Å²) in [6.07, 6.45) is 0. The van der Waals surface area contributed by atoms with Crippen LogP contribution in [0.3, 0.4) is 0 Å². The van der Waals surface area contributed by atoms with Gasteiger partial charge >= 0.3 is 106 Å². The molecule has 5 nitrogen and oxygen atoms in total. The Morgan fingerprint density at radius 2 is 1.44 bits per heavy atom. The molecule has 0 aliphatic carbocycles. The number of hydrogen-bond acceptors (Lipinski definition) is 3. The van der Waals surface area contributed by atoms with E-state index in [1.807, 2.05) is 0 Å². The average molecular weight is 307 g/mol. The molecule has 0 aliphatic rings. The van der Waals surface area contributed by atoms with Gasteiger partial charge in [-0.3, -0.25) is 0 Å². The molecule has 18 heavy (non-hydrogen) atoms. The Hall–Kier alpha value is -1.84. The fourth-order valence-corrected chi connectivity index (χ4v) is 4.55. The summed E-state index contributed by atoms with van der Waals surface area (Å²) in [5.41, 5.74) is -0.0951. The molecule has 0 radical (unpaired) electrons. The van der Waals surface area contributed by atoms with Crippen molar-refractivity contribution in [3.63, 3.8) is 0 Å². The maximum absolute atomic E-state index is 12.3. The van der Waals surface area contributed by atoms with E-state index in [-0.39, 0.29) is 10.0 Å². The van der Waals surface area contributed by atoms with Gasteiger partial charge in [0.25, 0.3) is 0 Å². The number of benzene rings is 2. The average Bonchev–Trinajstić information content (AvgIpc) is 2.40. The first-order valence-electron chi connectivity index (χ1n) is 5.15. The van der Waals surface area contributed by atoms with Crippen LogP contribution >= 0.6 is 0 Å². The molecular formula is C12H10AsNO4. The molecule has 1 unspecified atom stereocenters. The van der Waals surface area contributed by atoms with Crippen LogP contribution in [0.25, 0.3) is 0 Å². The molecule has 0 bridgehead atoms. The van der Waals surface area contributed by atoms with Gasteiger partial charge in [-0.05, 0) is 0 Å². The Balaban J connectivity index is 2.42. The van der Waals surface area contributed by atoms with Crippen LogP contribution in [0, 0.1) is 10.1 Å². The van der Waals surface area contributed by atoms with Gasteiger partial charge in [-0.2, -0.15) is 0 Å². The van der Waals surface area contributed by atoms with Gasteiger partial charge < -0.3 is 0 Å². The number of nitro groups is 1. The zero-order valence-electron chi connectivity index (χ0n) is 9.26. The van der Waals surface area contributed by atoms with Crippen LogP contribution < -0.4 is 8.70 Å². The Labute approximate surface area is 106 Å². The van der Waals surface area contributed by atoms with E-state index in [1.165, 1.54) is 24.3 Å². The minimum absolute atomic E-state index is 0.0951. The SMILES string of the molecule is O=[N+]([O-])c1ccc([As](=O)(O)c2ccccc2)cc1. The normalized spacial score (nSPS) is 13.8. The topological polar surface area (TPSA) is 80.4 Å². The van der Waals surface area contributed by atoms with E-state index < -0.39 is 18.8 Å². The van der Waals surface area contributed by atoms with Gasteiger partial charge in [0.1, 0.15) is 0 Å². The second-order valence-corrected chi connectivity index (χ2v) is 8.27. The van der Waals surface area contributed by atoms with Crippen molar-refractivity contribution in [2.45, 2.75) is 0 Å². The van der Waals surface area contributed by atoms with E-state index >= 15 is 0 Å². The van der Waals surface area contributed by atoms with E-state index in [0.717, 1.165) is 0 Å². The number of non-ortho nitro benzene ring substituents is 1. The van der Waals surface area contributed by atoms with Gasteiger partial charge in [-0.1, -0.05) is 0 Å². The Bertz CT molecular complexity index is 610. The second kappa shape index (κ2) is 4.80. The predicted octanol–water partition coefficient (Wildman–Crippen LogP) is 0.574. The zero-order chi connectivity index (χ0) is 13.2. The van der Waals surface area contributed by atoms with Crippen molar-refractivity contribution in [1.82, 2.24) is 0 Å².